The van der Waals surface area contributed by atoms with Gasteiger partial charge in [0.05, 0.1) is 24.7 Å². The fourth-order valence-electron chi connectivity index (χ4n) is 2.54. The van der Waals surface area contributed by atoms with Gasteiger partial charge in [-0.05, 0) is 13.3 Å². The summed E-state index contributed by atoms with van der Waals surface area (Å²) in [6, 6.07) is 1.97. The van der Waals surface area contributed by atoms with E-state index in [1.54, 1.807) is 0 Å². The molecule has 2 aliphatic rings. The number of anilines is 1. The Morgan fingerprint density at radius 3 is 2.76 bits per heavy atom. The minimum Gasteiger partial charge on any atom is -0.378 e. The molecule has 1 unspecified atom stereocenters. The minimum absolute atomic E-state index is 0.0781. The molecule has 3 rings (SSSR count). The first-order chi connectivity index (χ1) is 10.0. The minimum atomic E-state index is -2.86. The molecule has 0 radical (unpaired) electrons. The standard InChI is InChI=1S/C13H19N3O3S2/c1-10-8-12(16-3-5-19-6-4-16)15-13(14-10)20-11-2-7-21(17,18)9-11/h8,11H,2-7,9H2,1H3. The van der Waals surface area contributed by atoms with Crippen LogP contribution in [0.3, 0.4) is 0 Å². The molecule has 21 heavy (non-hydrogen) atoms. The Hall–Kier alpha value is -0.860. The van der Waals surface area contributed by atoms with Gasteiger partial charge in [-0.1, -0.05) is 11.8 Å². The predicted octanol–water partition coefficient (Wildman–Crippen LogP) is 0.901. The molecule has 2 saturated heterocycles. The number of ether oxygens (including phenoxy) is 1. The lowest BCUT2D eigenvalue weighted by atomic mass is 10.3. The molecular formula is C13H19N3O3S2. The summed E-state index contributed by atoms with van der Waals surface area (Å²) in [4.78, 5) is 11.2. The van der Waals surface area contributed by atoms with Gasteiger partial charge in [0.15, 0.2) is 15.0 Å². The SMILES string of the molecule is Cc1cc(N2CCOCC2)nc(SC2CCS(=O)(=O)C2)n1. The van der Waals surface area contributed by atoms with Crippen LogP contribution in [0.1, 0.15) is 12.1 Å². The van der Waals surface area contributed by atoms with E-state index in [4.69, 9.17) is 4.74 Å². The normalized spacial score (nSPS) is 25.2. The molecule has 0 amide bonds. The van der Waals surface area contributed by atoms with E-state index in [0.717, 1.165) is 24.6 Å². The second kappa shape index (κ2) is 6.10. The first kappa shape index (κ1) is 15.1. The highest BCUT2D eigenvalue weighted by atomic mass is 32.2. The van der Waals surface area contributed by atoms with E-state index in [2.05, 4.69) is 14.9 Å². The van der Waals surface area contributed by atoms with Crippen molar-refractivity contribution >= 4 is 27.4 Å². The summed E-state index contributed by atoms with van der Waals surface area (Å²) < 4.78 is 28.4. The second-order valence-electron chi connectivity index (χ2n) is 5.39. The summed E-state index contributed by atoms with van der Waals surface area (Å²) in [5.74, 6) is 1.43. The van der Waals surface area contributed by atoms with E-state index < -0.39 is 9.84 Å². The third kappa shape index (κ3) is 3.87. The Kier molecular flexibility index (Phi) is 4.37. The topological polar surface area (TPSA) is 72.4 Å². The van der Waals surface area contributed by atoms with Crippen molar-refractivity contribution in [2.45, 2.75) is 23.8 Å². The van der Waals surface area contributed by atoms with E-state index in [-0.39, 0.29) is 16.8 Å². The van der Waals surface area contributed by atoms with Crippen molar-refractivity contribution < 1.29 is 13.2 Å². The largest absolute Gasteiger partial charge is 0.378 e. The molecule has 0 saturated carbocycles. The van der Waals surface area contributed by atoms with E-state index >= 15 is 0 Å². The molecule has 1 aromatic heterocycles. The fraction of sp³-hybridized carbons (Fsp3) is 0.692. The molecule has 0 spiro atoms. The summed E-state index contributed by atoms with van der Waals surface area (Å²) in [6.07, 6.45) is 0.692. The van der Waals surface area contributed by atoms with Crippen LogP contribution < -0.4 is 4.90 Å². The lowest BCUT2D eigenvalue weighted by Crippen LogP contribution is -2.36. The summed E-state index contributed by atoms with van der Waals surface area (Å²) in [6.45, 7) is 5.04. The molecule has 3 heterocycles. The van der Waals surface area contributed by atoms with Crippen molar-refractivity contribution in [1.82, 2.24) is 9.97 Å². The number of aromatic nitrogens is 2. The molecule has 2 aliphatic heterocycles. The van der Waals surface area contributed by atoms with E-state index in [9.17, 15) is 8.42 Å². The van der Waals surface area contributed by atoms with Crippen molar-refractivity contribution in [2.24, 2.45) is 0 Å². The fourth-order valence-corrected chi connectivity index (χ4v) is 6.00. The van der Waals surface area contributed by atoms with Gasteiger partial charge in [-0.25, -0.2) is 18.4 Å². The number of aryl methyl sites for hydroxylation is 1. The first-order valence-electron chi connectivity index (χ1n) is 7.07. The van der Waals surface area contributed by atoms with Crippen molar-refractivity contribution in [3.8, 4) is 0 Å². The van der Waals surface area contributed by atoms with E-state index in [1.807, 2.05) is 13.0 Å². The quantitative estimate of drug-likeness (QED) is 0.763. The Bertz CT molecular complexity index is 615. The van der Waals surface area contributed by atoms with Crippen LogP contribution in [0.15, 0.2) is 11.2 Å². The number of morpholine rings is 1. The highest BCUT2D eigenvalue weighted by Crippen LogP contribution is 2.30. The van der Waals surface area contributed by atoms with Crippen LogP contribution in [0, 0.1) is 6.92 Å². The third-order valence-electron chi connectivity index (χ3n) is 3.62. The highest BCUT2D eigenvalue weighted by molar-refractivity contribution is 8.01. The molecule has 6 nitrogen and oxygen atoms in total. The zero-order valence-corrected chi connectivity index (χ0v) is 13.6. The zero-order valence-electron chi connectivity index (χ0n) is 12.0. The highest BCUT2D eigenvalue weighted by Gasteiger charge is 2.29. The molecular weight excluding hydrogens is 310 g/mol. The molecule has 0 aliphatic carbocycles. The van der Waals surface area contributed by atoms with Gasteiger partial charge in [0, 0.05) is 30.1 Å². The molecule has 0 bridgehead atoms. The first-order valence-corrected chi connectivity index (χ1v) is 9.77. The van der Waals surface area contributed by atoms with Gasteiger partial charge in [0.25, 0.3) is 0 Å². The number of hydrogen-bond acceptors (Lipinski definition) is 7. The number of hydrogen-bond donors (Lipinski definition) is 0. The summed E-state index contributed by atoms with van der Waals surface area (Å²) >= 11 is 1.49. The third-order valence-corrected chi connectivity index (χ3v) is 6.73. The Morgan fingerprint density at radius 2 is 2.10 bits per heavy atom. The van der Waals surface area contributed by atoms with Gasteiger partial charge >= 0.3 is 0 Å². The zero-order chi connectivity index (χ0) is 14.9. The van der Waals surface area contributed by atoms with Gasteiger partial charge in [0.1, 0.15) is 5.82 Å². The van der Waals surface area contributed by atoms with Gasteiger partial charge < -0.3 is 9.64 Å². The number of nitrogens with zero attached hydrogens (tertiary/aromatic N) is 3. The predicted molar refractivity (Wildman–Crippen MR) is 82.7 cm³/mol. The maximum absolute atomic E-state index is 11.5. The summed E-state index contributed by atoms with van der Waals surface area (Å²) in [5.41, 5.74) is 0.912. The Morgan fingerprint density at radius 1 is 1.33 bits per heavy atom. The van der Waals surface area contributed by atoms with Crippen LogP contribution in [0.25, 0.3) is 0 Å². The van der Waals surface area contributed by atoms with E-state index in [0.29, 0.717) is 24.8 Å². The van der Waals surface area contributed by atoms with Crippen LogP contribution >= 0.6 is 11.8 Å². The van der Waals surface area contributed by atoms with Crippen molar-refractivity contribution in [3.63, 3.8) is 0 Å². The smallest absolute Gasteiger partial charge is 0.190 e. The Labute approximate surface area is 129 Å². The number of thioether (sulfide) groups is 1. The van der Waals surface area contributed by atoms with Crippen molar-refractivity contribution in [3.05, 3.63) is 11.8 Å². The van der Waals surface area contributed by atoms with Crippen LogP contribution in [-0.2, 0) is 14.6 Å². The molecule has 1 atom stereocenters. The lowest BCUT2D eigenvalue weighted by Gasteiger charge is -2.28. The van der Waals surface area contributed by atoms with Crippen LogP contribution in [0.4, 0.5) is 5.82 Å². The number of sulfone groups is 1. The summed E-state index contributed by atoms with van der Waals surface area (Å²) in [5, 5.41) is 0.757. The monoisotopic (exact) mass is 329 g/mol. The second-order valence-corrected chi connectivity index (χ2v) is 8.89. The average molecular weight is 329 g/mol. The average Bonchev–Trinajstić information content (AvgIpc) is 2.78. The molecule has 1 aromatic rings. The molecule has 116 valence electrons. The van der Waals surface area contributed by atoms with Gasteiger partial charge in [-0.15, -0.1) is 0 Å². The molecule has 8 heteroatoms. The molecule has 0 N–H and O–H groups in total. The lowest BCUT2D eigenvalue weighted by molar-refractivity contribution is 0.122. The van der Waals surface area contributed by atoms with Gasteiger partial charge in [0.2, 0.25) is 0 Å². The van der Waals surface area contributed by atoms with Crippen molar-refractivity contribution in [1.29, 1.82) is 0 Å². The van der Waals surface area contributed by atoms with Gasteiger partial charge in [-0.3, -0.25) is 0 Å². The van der Waals surface area contributed by atoms with Crippen LogP contribution in [0.2, 0.25) is 0 Å². The maximum Gasteiger partial charge on any atom is 0.190 e. The van der Waals surface area contributed by atoms with Crippen molar-refractivity contribution in [2.75, 3.05) is 42.7 Å². The number of rotatable bonds is 3. The molecule has 2 fully saturated rings. The van der Waals surface area contributed by atoms with Crippen LogP contribution in [-0.4, -0.2) is 61.4 Å². The summed E-state index contributed by atoms with van der Waals surface area (Å²) in [7, 11) is -2.86. The Balaban J connectivity index is 1.75. The van der Waals surface area contributed by atoms with Crippen LogP contribution in [0.5, 0.6) is 0 Å². The van der Waals surface area contributed by atoms with Gasteiger partial charge in [-0.2, -0.15) is 0 Å². The molecule has 0 aromatic carbocycles. The van der Waals surface area contributed by atoms with E-state index in [1.165, 1.54) is 11.8 Å². The maximum atomic E-state index is 11.5.